The molecule has 5 aromatic carbocycles. The van der Waals surface area contributed by atoms with Gasteiger partial charge in [-0.3, -0.25) is 4.99 Å². The van der Waals surface area contributed by atoms with Gasteiger partial charge in [-0.05, 0) is 180 Å². The quantitative estimate of drug-likeness (QED) is 0.0273. The van der Waals surface area contributed by atoms with Crippen LogP contribution < -0.4 is 20.0 Å². The molecule has 5 nitrogen and oxygen atoms in total. The van der Waals surface area contributed by atoms with Crippen molar-refractivity contribution in [2.75, 3.05) is 33.1 Å². The smallest absolute Gasteiger partial charge is 0.125 e. The first-order valence-corrected chi connectivity index (χ1v) is 31.4. The third-order valence-corrected chi connectivity index (χ3v) is 13.6. The predicted octanol–water partition coefficient (Wildman–Crippen LogP) is 23.1. The molecule has 0 saturated carbocycles. The minimum Gasteiger partial charge on any atom is -0.341 e. The molecule has 0 spiro atoms. The summed E-state index contributed by atoms with van der Waals surface area (Å²) in [5.41, 5.74) is 16.1. The van der Waals surface area contributed by atoms with Gasteiger partial charge in [-0.25, -0.2) is 0 Å². The van der Waals surface area contributed by atoms with Crippen molar-refractivity contribution in [3.05, 3.63) is 308 Å². The first kappa shape index (κ1) is 72.2. The second kappa shape index (κ2) is 43.5. The molecule has 1 heterocycles. The summed E-state index contributed by atoms with van der Waals surface area (Å²) in [5, 5.41) is 3.35. The average molecular weight is 1160 g/mol. The van der Waals surface area contributed by atoms with Crippen LogP contribution in [0, 0.1) is 11.8 Å². The third kappa shape index (κ3) is 25.2. The van der Waals surface area contributed by atoms with E-state index in [2.05, 4.69) is 297 Å². The van der Waals surface area contributed by atoms with Crippen LogP contribution in [-0.2, 0) is 6.42 Å². The van der Waals surface area contributed by atoms with Crippen LogP contribution in [0.25, 0.3) is 11.1 Å². The zero-order chi connectivity index (χ0) is 63.4. The first-order valence-electron chi connectivity index (χ1n) is 31.4. The third-order valence-electron chi connectivity index (χ3n) is 13.6. The van der Waals surface area contributed by atoms with E-state index in [1.54, 1.807) is 0 Å². The molecule has 0 aromatic heterocycles. The molecule has 87 heavy (non-hydrogen) atoms. The summed E-state index contributed by atoms with van der Waals surface area (Å²) in [5.74, 6) is 6.98. The van der Waals surface area contributed by atoms with Gasteiger partial charge in [0, 0.05) is 58.5 Å². The molecule has 0 fully saturated rings. The number of hydrogen-bond donors (Lipinski definition) is 1. The summed E-state index contributed by atoms with van der Waals surface area (Å²) in [6.45, 7) is 40.2. The molecular weight excluding hydrogens is 1050 g/mol. The van der Waals surface area contributed by atoms with E-state index in [0.717, 1.165) is 79.5 Å². The van der Waals surface area contributed by atoms with Gasteiger partial charge in [-0.2, -0.15) is 0 Å². The van der Waals surface area contributed by atoms with Crippen molar-refractivity contribution < 1.29 is 0 Å². The van der Waals surface area contributed by atoms with Crippen LogP contribution in [-0.4, -0.2) is 25.0 Å². The second-order valence-corrected chi connectivity index (χ2v) is 19.9. The van der Waals surface area contributed by atoms with E-state index < -0.39 is 0 Å². The number of aliphatic imine (C=N–C) groups is 1. The van der Waals surface area contributed by atoms with E-state index in [1.165, 1.54) is 56.9 Å². The second-order valence-electron chi connectivity index (χ2n) is 19.9. The van der Waals surface area contributed by atoms with Gasteiger partial charge < -0.3 is 20.0 Å². The van der Waals surface area contributed by atoms with Crippen molar-refractivity contribution in [2.45, 2.75) is 127 Å². The number of unbranched alkanes of at least 4 members (excludes halogenated alkanes) is 1. The Bertz CT molecular complexity index is 3220. The zero-order valence-corrected chi connectivity index (χ0v) is 54.7. The number of allylic oxidation sites excluding steroid dienone is 16. The van der Waals surface area contributed by atoms with E-state index in [4.69, 9.17) is 0 Å². The average Bonchev–Trinajstić information content (AvgIpc) is 3.71. The molecule has 1 atom stereocenters. The Morgan fingerprint density at radius 2 is 1.38 bits per heavy atom. The summed E-state index contributed by atoms with van der Waals surface area (Å²) < 4.78 is 0. The van der Waals surface area contributed by atoms with Crippen LogP contribution in [0.15, 0.2) is 297 Å². The van der Waals surface area contributed by atoms with Crippen molar-refractivity contribution >= 4 is 45.4 Å². The summed E-state index contributed by atoms with van der Waals surface area (Å²) in [4.78, 5) is 11.3. The van der Waals surface area contributed by atoms with E-state index in [9.17, 15) is 0 Å². The van der Waals surface area contributed by atoms with Gasteiger partial charge in [0.05, 0.1) is 12.6 Å². The Balaban J connectivity index is 0.000000394. The maximum Gasteiger partial charge on any atom is 0.125 e. The molecule has 454 valence electrons. The monoisotopic (exact) mass is 1160 g/mol. The molecule has 0 radical (unpaired) electrons. The SMILES string of the molecule is C=C(/C=C\C=C/C)N(C(/C=C\CC#CC)=C/C)c1ccc(C2=CC[C@@H](N(C(=C)/C=C\C)c3ccccc3CC)C=C2)cc1.C=CCCCC(=C)C.CC.CC.CC/C=C(\C=C/CN(c1ccccc1)c1ccccc1)c1ccc(NC2=NCC=C2)cc1. The minimum absolute atomic E-state index is 0.198. The number of nitrogens with zero attached hydrogens (tertiary/aromatic N) is 4. The Morgan fingerprint density at radius 1 is 0.713 bits per heavy atom. The molecule has 1 aliphatic heterocycles. The van der Waals surface area contributed by atoms with E-state index >= 15 is 0 Å². The maximum absolute atomic E-state index is 4.41. The van der Waals surface area contributed by atoms with Crippen LogP contribution in [0.3, 0.4) is 0 Å². The van der Waals surface area contributed by atoms with Crippen LogP contribution in [0.5, 0.6) is 0 Å². The normalized spacial score (nSPS) is 13.4. The summed E-state index contributed by atoms with van der Waals surface area (Å²) in [6.07, 6.45) is 45.3. The molecule has 0 amide bonds. The topological polar surface area (TPSA) is 34.1 Å². The van der Waals surface area contributed by atoms with Gasteiger partial charge in [-0.15, -0.1) is 19.1 Å². The van der Waals surface area contributed by atoms with Crippen LogP contribution in [0.2, 0.25) is 0 Å². The van der Waals surface area contributed by atoms with Gasteiger partial charge in [0.1, 0.15) is 5.84 Å². The molecule has 0 bridgehead atoms. The van der Waals surface area contributed by atoms with Crippen LogP contribution in [0.1, 0.15) is 131 Å². The predicted molar refractivity (Wildman–Crippen MR) is 391 cm³/mol. The van der Waals surface area contributed by atoms with Gasteiger partial charge >= 0.3 is 0 Å². The van der Waals surface area contributed by atoms with Crippen molar-refractivity contribution in [1.82, 2.24) is 0 Å². The maximum atomic E-state index is 4.41. The number of para-hydroxylation sites is 3. The highest BCUT2D eigenvalue weighted by atomic mass is 15.2. The number of amidine groups is 1. The number of rotatable bonds is 25. The molecule has 1 N–H and O–H groups in total. The lowest BCUT2D eigenvalue weighted by atomic mass is 9.95. The highest BCUT2D eigenvalue weighted by Gasteiger charge is 2.22. The van der Waals surface area contributed by atoms with Crippen LogP contribution >= 0.6 is 0 Å². The summed E-state index contributed by atoms with van der Waals surface area (Å²) >= 11 is 0. The molecule has 1 aliphatic carbocycles. The lowest BCUT2D eigenvalue weighted by molar-refractivity contribution is 0.761. The van der Waals surface area contributed by atoms with Crippen molar-refractivity contribution in [3.8, 4) is 11.8 Å². The highest BCUT2D eigenvalue weighted by Crippen LogP contribution is 2.34. The molecular formula is C82H101N5. The van der Waals surface area contributed by atoms with E-state index in [0.29, 0.717) is 6.42 Å². The van der Waals surface area contributed by atoms with Crippen LogP contribution in [0.4, 0.5) is 28.4 Å². The van der Waals surface area contributed by atoms with E-state index in [-0.39, 0.29) is 6.04 Å². The summed E-state index contributed by atoms with van der Waals surface area (Å²) in [7, 11) is 0. The largest absolute Gasteiger partial charge is 0.341 e. The lowest BCUT2D eigenvalue weighted by Gasteiger charge is -2.35. The lowest BCUT2D eigenvalue weighted by Crippen LogP contribution is -2.33. The van der Waals surface area contributed by atoms with Crippen molar-refractivity contribution in [1.29, 1.82) is 0 Å². The molecule has 5 aromatic rings. The van der Waals surface area contributed by atoms with Gasteiger partial charge in [0.15, 0.2) is 0 Å². The minimum atomic E-state index is 0.198. The first-order chi connectivity index (χ1) is 42.6. The van der Waals surface area contributed by atoms with Crippen molar-refractivity contribution in [2.24, 2.45) is 4.99 Å². The Morgan fingerprint density at radius 3 is 1.93 bits per heavy atom. The fourth-order valence-electron chi connectivity index (χ4n) is 9.41. The Hall–Kier alpha value is -9.11. The fraction of sp³-hybridized carbons (Fsp3) is 0.256. The van der Waals surface area contributed by atoms with Gasteiger partial charge in [0.25, 0.3) is 0 Å². The highest BCUT2D eigenvalue weighted by molar-refractivity contribution is 6.05. The molecule has 0 saturated heterocycles. The molecule has 5 heteroatoms. The standard InChI is InChI=1S/C41H46N2.C29H29N3.C8H14.2C2H6/c1-8-13-15-17-23-38(12-5)42(34(7)21-16-14-9-2)39-29-25-36(26-30-39)37-27-31-40(32-28-37)43(33(6)20-10-3)41-24-19-18-22-35(41)11-4;1-2-11-24(25-18-20-26(21-19-25)31-29-17-9-22-30-29)12-10-23-32(27-13-5-3-6-14-27)28-15-7-4-8-16-28;1-4-5-6-7-8(2)3;2*1-2/h9-10,12,14,16-31,40H,6-7,11,15,32H2,1-5H3;3-21H,2,22-23H2,1H3,(H,30,31);4H,1-2,5-7H2,3H3;2*1-2H3/b14-9-,20-10-,21-16-,23-17-,38-12+;12-10-,24-11+;;;/t40-;;;;/m0..../s1. The number of benzene rings is 5. The Kier molecular flexibility index (Phi) is 36.1. The Labute approximate surface area is 528 Å². The molecule has 0 unspecified atom stereocenters. The number of anilines is 5. The number of aryl methyl sites for hydroxylation is 1. The van der Waals surface area contributed by atoms with E-state index in [1.807, 2.05) is 84.9 Å². The number of hydrogen-bond acceptors (Lipinski definition) is 5. The van der Waals surface area contributed by atoms with Crippen molar-refractivity contribution in [3.63, 3.8) is 0 Å². The number of nitrogens with one attached hydrogen (secondary N) is 1. The summed E-state index contributed by atoms with van der Waals surface area (Å²) in [6, 6.07) is 47.2. The fourth-order valence-corrected chi connectivity index (χ4v) is 9.41. The molecule has 2 aliphatic rings. The van der Waals surface area contributed by atoms with Gasteiger partial charge in [-0.1, -0.05) is 230 Å². The zero-order valence-electron chi connectivity index (χ0n) is 54.7. The molecule has 7 rings (SSSR count). The van der Waals surface area contributed by atoms with Gasteiger partial charge in [0.2, 0.25) is 0 Å².